The standard InChI is InChI=1S/C8H11NO2S/c1-2-7-5-3-4-6-8(7)11-12(9)10/h3-6H,2,9H2,1H3. The molecule has 0 radical (unpaired) electrons. The van der Waals surface area contributed by atoms with Crippen LogP contribution in [0.2, 0.25) is 0 Å². The van der Waals surface area contributed by atoms with Crippen LogP contribution in [0, 0.1) is 0 Å². The van der Waals surface area contributed by atoms with Gasteiger partial charge in [0.2, 0.25) is 0 Å². The van der Waals surface area contributed by atoms with Gasteiger partial charge in [-0.05, 0) is 18.1 Å². The van der Waals surface area contributed by atoms with Crippen molar-refractivity contribution < 1.29 is 8.39 Å². The molecule has 0 heterocycles. The van der Waals surface area contributed by atoms with E-state index >= 15 is 0 Å². The van der Waals surface area contributed by atoms with Gasteiger partial charge in [-0.3, -0.25) is 0 Å². The summed E-state index contributed by atoms with van der Waals surface area (Å²) in [5, 5.41) is 5.00. The number of para-hydroxylation sites is 1. The fourth-order valence-electron chi connectivity index (χ4n) is 0.966. The van der Waals surface area contributed by atoms with Crippen molar-refractivity contribution in [2.75, 3.05) is 0 Å². The first-order valence-electron chi connectivity index (χ1n) is 3.66. The molecule has 0 spiro atoms. The van der Waals surface area contributed by atoms with Crippen LogP contribution >= 0.6 is 0 Å². The van der Waals surface area contributed by atoms with Gasteiger partial charge in [0.05, 0.1) is 0 Å². The quantitative estimate of drug-likeness (QED) is 0.768. The number of hydrogen-bond donors (Lipinski definition) is 1. The normalized spacial score (nSPS) is 12.5. The molecule has 4 heteroatoms. The highest BCUT2D eigenvalue weighted by Crippen LogP contribution is 2.18. The van der Waals surface area contributed by atoms with E-state index in [-0.39, 0.29) is 0 Å². The topological polar surface area (TPSA) is 52.3 Å². The Balaban J connectivity index is 2.89. The van der Waals surface area contributed by atoms with Gasteiger partial charge >= 0.3 is 0 Å². The van der Waals surface area contributed by atoms with Crippen LogP contribution in [0.25, 0.3) is 0 Å². The van der Waals surface area contributed by atoms with Gasteiger partial charge in [0.25, 0.3) is 11.3 Å². The molecule has 1 unspecified atom stereocenters. The first kappa shape index (κ1) is 9.22. The van der Waals surface area contributed by atoms with E-state index in [1.54, 1.807) is 6.07 Å². The van der Waals surface area contributed by atoms with Crippen LogP contribution in [0.1, 0.15) is 12.5 Å². The molecular weight excluding hydrogens is 174 g/mol. The number of hydrogen-bond acceptors (Lipinski definition) is 2. The molecule has 3 nitrogen and oxygen atoms in total. The molecule has 1 rings (SSSR count). The summed E-state index contributed by atoms with van der Waals surface area (Å²) >= 11 is -1.73. The molecule has 1 aromatic carbocycles. The molecule has 0 fully saturated rings. The van der Waals surface area contributed by atoms with Crippen molar-refractivity contribution in [2.45, 2.75) is 13.3 Å². The SMILES string of the molecule is CCc1ccccc1OS(N)=O. The van der Waals surface area contributed by atoms with Gasteiger partial charge in [0.1, 0.15) is 5.75 Å². The van der Waals surface area contributed by atoms with E-state index in [1.807, 2.05) is 25.1 Å². The summed E-state index contributed by atoms with van der Waals surface area (Å²) in [6.07, 6.45) is 0.841. The van der Waals surface area contributed by atoms with Crippen molar-refractivity contribution >= 4 is 11.3 Å². The minimum atomic E-state index is -1.73. The Bertz CT molecular complexity index is 288. The second-order valence-corrected chi connectivity index (χ2v) is 2.99. The summed E-state index contributed by atoms with van der Waals surface area (Å²) in [6.45, 7) is 2.00. The van der Waals surface area contributed by atoms with E-state index in [1.165, 1.54) is 0 Å². The van der Waals surface area contributed by atoms with Crippen LogP contribution in [-0.4, -0.2) is 4.21 Å². The first-order valence-corrected chi connectivity index (χ1v) is 4.80. The molecule has 0 amide bonds. The Labute approximate surface area is 74.3 Å². The summed E-state index contributed by atoms with van der Waals surface area (Å²) in [7, 11) is 0. The fraction of sp³-hybridized carbons (Fsp3) is 0.250. The third-order valence-corrected chi connectivity index (χ3v) is 1.87. The van der Waals surface area contributed by atoms with Gasteiger partial charge < -0.3 is 4.18 Å². The largest absolute Gasteiger partial charge is 0.389 e. The summed E-state index contributed by atoms with van der Waals surface area (Å²) in [4.78, 5) is 0. The van der Waals surface area contributed by atoms with Crippen molar-refractivity contribution in [3.63, 3.8) is 0 Å². The zero-order valence-electron chi connectivity index (χ0n) is 6.82. The Morgan fingerprint density at radius 2 is 2.17 bits per heavy atom. The molecule has 2 N–H and O–H groups in total. The lowest BCUT2D eigenvalue weighted by atomic mass is 10.1. The maximum absolute atomic E-state index is 10.5. The Kier molecular flexibility index (Phi) is 3.25. The summed E-state index contributed by atoms with van der Waals surface area (Å²) in [5.41, 5.74) is 1.01. The fourth-order valence-corrected chi connectivity index (χ4v) is 1.31. The minimum Gasteiger partial charge on any atom is -0.389 e. The number of rotatable bonds is 3. The third kappa shape index (κ3) is 2.32. The lowest BCUT2D eigenvalue weighted by Gasteiger charge is -2.04. The van der Waals surface area contributed by atoms with Gasteiger partial charge in [0.15, 0.2) is 0 Å². The molecule has 0 bridgehead atoms. The molecule has 0 aliphatic heterocycles. The highest BCUT2D eigenvalue weighted by molar-refractivity contribution is 7.78. The van der Waals surface area contributed by atoms with E-state index < -0.39 is 11.3 Å². The Hall–Kier alpha value is -0.870. The predicted molar refractivity (Wildman–Crippen MR) is 48.8 cm³/mol. The lowest BCUT2D eigenvalue weighted by molar-refractivity contribution is 0.558. The van der Waals surface area contributed by atoms with E-state index in [9.17, 15) is 4.21 Å². The van der Waals surface area contributed by atoms with Crippen LogP contribution < -0.4 is 9.32 Å². The van der Waals surface area contributed by atoms with Gasteiger partial charge in [-0.1, -0.05) is 25.1 Å². The second-order valence-electron chi connectivity index (χ2n) is 2.31. The molecule has 0 aliphatic carbocycles. The average molecular weight is 185 g/mol. The van der Waals surface area contributed by atoms with Crippen LogP contribution in [-0.2, 0) is 17.7 Å². The molecule has 66 valence electrons. The highest BCUT2D eigenvalue weighted by Gasteiger charge is 2.01. The summed E-state index contributed by atoms with van der Waals surface area (Å²) < 4.78 is 15.4. The zero-order chi connectivity index (χ0) is 8.97. The molecule has 0 saturated heterocycles. The molecule has 12 heavy (non-hydrogen) atoms. The molecular formula is C8H11NO2S. The van der Waals surface area contributed by atoms with Crippen LogP contribution in [0.5, 0.6) is 5.75 Å². The zero-order valence-corrected chi connectivity index (χ0v) is 7.64. The second kappa shape index (κ2) is 4.23. The minimum absolute atomic E-state index is 0.598. The van der Waals surface area contributed by atoms with Gasteiger partial charge in [-0.15, -0.1) is 0 Å². The van der Waals surface area contributed by atoms with E-state index in [0.29, 0.717) is 5.75 Å². The van der Waals surface area contributed by atoms with Crippen molar-refractivity contribution in [1.82, 2.24) is 0 Å². The first-order chi connectivity index (χ1) is 5.74. The van der Waals surface area contributed by atoms with Crippen molar-refractivity contribution in [3.8, 4) is 5.75 Å². The Morgan fingerprint density at radius 3 is 2.75 bits per heavy atom. The Morgan fingerprint density at radius 1 is 1.50 bits per heavy atom. The molecule has 0 aliphatic rings. The van der Waals surface area contributed by atoms with Crippen LogP contribution in [0.3, 0.4) is 0 Å². The molecule has 1 aromatic rings. The van der Waals surface area contributed by atoms with Crippen LogP contribution in [0.4, 0.5) is 0 Å². The molecule has 0 aromatic heterocycles. The van der Waals surface area contributed by atoms with Crippen molar-refractivity contribution in [3.05, 3.63) is 29.8 Å². The monoisotopic (exact) mass is 185 g/mol. The maximum Gasteiger partial charge on any atom is 0.285 e. The summed E-state index contributed by atoms with van der Waals surface area (Å²) in [5.74, 6) is 0.598. The van der Waals surface area contributed by atoms with E-state index in [4.69, 9.17) is 9.32 Å². The molecule has 1 atom stereocenters. The van der Waals surface area contributed by atoms with Crippen molar-refractivity contribution in [1.29, 1.82) is 0 Å². The van der Waals surface area contributed by atoms with E-state index in [2.05, 4.69) is 0 Å². The smallest absolute Gasteiger partial charge is 0.285 e. The van der Waals surface area contributed by atoms with Gasteiger partial charge in [-0.25, -0.2) is 5.14 Å². The summed E-state index contributed by atoms with van der Waals surface area (Å²) in [6, 6.07) is 7.40. The lowest BCUT2D eigenvalue weighted by Crippen LogP contribution is -2.10. The molecule has 0 saturated carbocycles. The van der Waals surface area contributed by atoms with Gasteiger partial charge in [-0.2, -0.15) is 4.21 Å². The van der Waals surface area contributed by atoms with Crippen LogP contribution in [0.15, 0.2) is 24.3 Å². The number of aryl methyl sites for hydroxylation is 1. The highest BCUT2D eigenvalue weighted by atomic mass is 32.2. The average Bonchev–Trinajstić information content (AvgIpc) is 2.04. The van der Waals surface area contributed by atoms with E-state index in [0.717, 1.165) is 12.0 Å². The maximum atomic E-state index is 10.5. The third-order valence-electron chi connectivity index (χ3n) is 1.53. The number of benzene rings is 1. The predicted octanol–water partition coefficient (Wildman–Crippen LogP) is 1.17. The van der Waals surface area contributed by atoms with Crippen molar-refractivity contribution in [2.24, 2.45) is 5.14 Å². The van der Waals surface area contributed by atoms with Gasteiger partial charge in [0, 0.05) is 0 Å². The number of nitrogens with two attached hydrogens (primary N) is 1.